The Bertz CT molecular complexity index is 395. The van der Waals surface area contributed by atoms with Crippen molar-refractivity contribution in [3.05, 3.63) is 33.6 Å². The maximum Gasteiger partial charge on any atom is 0.387 e. The number of alkyl halides is 2. The highest BCUT2D eigenvalue weighted by Gasteiger charge is 2.20. The van der Waals surface area contributed by atoms with Crippen LogP contribution in [0.15, 0.2) is 12.1 Å². The van der Waals surface area contributed by atoms with Gasteiger partial charge in [0.2, 0.25) is 0 Å². The molecular weight excluding hydrogens is 215 g/mol. The van der Waals surface area contributed by atoms with Crippen LogP contribution >= 0.6 is 0 Å². The molecule has 0 spiro atoms. The van der Waals surface area contributed by atoms with Gasteiger partial charge < -0.3 is 4.74 Å². The third kappa shape index (κ3) is 2.36. The second-order valence-corrected chi connectivity index (χ2v) is 2.66. The molecule has 0 saturated heterocycles. The first-order valence-electron chi connectivity index (χ1n) is 3.81. The molecule has 0 atom stereocenters. The summed E-state index contributed by atoms with van der Waals surface area (Å²) in [5, 5.41) is 10.4. The van der Waals surface area contributed by atoms with E-state index in [-0.39, 0.29) is 5.56 Å². The molecule has 1 aromatic rings. The molecule has 0 aliphatic heterocycles. The van der Waals surface area contributed by atoms with Crippen molar-refractivity contribution in [2.24, 2.45) is 0 Å². The van der Waals surface area contributed by atoms with Gasteiger partial charge in [-0.05, 0) is 13.0 Å². The second-order valence-electron chi connectivity index (χ2n) is 2.66. The lowest BCUT2D eigenvalue weighted by atomic mass is 10.2. The van der Waals surface area contributed by atoms with E-state index < -0.39 is 28.8 Å². The zero-order valence-electron chi connectivity index (χ0n) is 7.54. The Balaban J connectivity index is 3.24. The SMILES string of the molecule is Cc1c([N+](=O)[O-])ccc(F)c1OC(F)F. The molecule has 7 heteroatoms. The van der Waals surface area contributed by atoms with Crippen molar-refractivity contribution >= 4 is 5.69 Å². The molecule has 4 nitrogen and oxygen atoms in total. The lowest BCUT2D eigenvalue weighted by Gasteiger charge is -2.08. The number of hydrogen-bond donors (Lipinski definition) is 0. The highest BCUT2D eigenvalue weighted by molar-refractivity contribution is 5.49. The van der Waals surface area contributed by atoms with E-state index >= 15 is 0 Å². The highest BCUT2D eigenvalue weighted by Crippen LogP contribution is 2.31. The van der Waals surface area contributed by atoms with Crippen LogP contribution in [0.1, 0.15) is 5.56 Å². The quantitative estimate of drug-likeness (QED) is 0.582. The number of nitro groups is 1. The van der Waals surface area contributed by atoms with E-state index in [0.717, 1.165) is 13.0 Å². The molecule has 1 rings (SSSR count). The van der Waals surface area contributed by atoms with Crippen LogP contribution in [-0.2, 0) is 0 Å². The smallest absolute Gasteiger partial charge is 0.387 e. The van der Waals surface area contributed by atoms with Gasteiger partial charge in [0.05, 0.1) is 10.5 Å². The first-order valence-corrected chi connectivity index (χ1v) is 3.81. The summed E-state index contributed by atoms with van der Waals surface area (Å²) < 4.78 is 40.5. The maximum atomic E-state index is 13.0. The monoisotopic (exact) mass is 221 g/mol. The third-order valence-corrected chi connectivity index (χ3v) is 1.73. The van der Waals surface area contributed by atoms with E-state index in [9.17, 15) is 23.3 Å². The Hall–Kier alpha value is -1.79. The Labute approximate surface area is 82.4 Å². The van der Waals surface area contributed by atoms with Gasteiger partial charge in [-0.2, -0.15) is 8.78 Å². The van der Waals surface area contributed by atoms with Crippen LogP contribution in [0.2, 0.25) is 0 Å². The van der Waals surface area contributed by atoms with Gasteiger partial charge in [0.15, 0.2) is 11.6 Å². The minimum atomic E-state index is -3.22. The third-order valence-electron chi connectivity index (χ3n) is 1.73. The average Bonchev–Trinajstić information content (AvgIpc) is 2.11. The van der Waals surface area contributed by atoms with Crippen molar-refractivity contribution in [2.45, 2.75) is 13.5 Å². The average molecular weight is 221 g/mol. The Morgan fingerprint density at radius 2 is 2.07 bits per heavy atom. The molecule has 0 aliphatic carbocycles. The van der Waals surface area contributed by atoms with Gasteiger partial charge >= 0.3 is 6.61 Å². The van der Waals surface area contributed by atoms with E-state index in [1.807, 2.05) is 0 Å². The molecule has 0 bridgehead atoms. The van der Waals surface area contributed by atoms with Gasteiger partial charge in [0, 0.05) is 6.07 Å². The second kappa shape index (κ2) is 4.16. The molecule has 0 aromatic heterocycles. The summed E-state index contributed by atoms with van der Waals surface area (Å²) in [7, 11) is 0. The number of rotatable bonds is 3. The van der Waals surface area contributed by atoms with E-state index in [2.05, 4.69) is 4.74 Å². The fraction of sp³-hybridized carbons (Fsp3) is 0.250. The van der Waals surface area contributed by atoms with E-state index in [0.29, 0.717) is 6.07 Å². The molecule has 0 unspecified atom stereocenters. The molecule has 0 aliphatic rings. The molecule has 0 radical (unpaired) electrons. The van der Waals surface area contributed by atoms with Gasteiger partial charge in [0.25, 0.3) is 5.69 Å². The molecule has 0 saturated carbocycles. The fourth-order valence-corrected chi connectivity index (χ4v) is 1.08. The summed E-state index contributed by atoms with van der Waals surface area (Å²) in [4.78, 5) is 9.61. The lowest BCUT2D eigenvalue weighted by molar-refractivity contribution is -0.385. The molecule has 82 valence electrons. The lowest BCUT2D eigenvalue weighted by Crippen LogP contribution is -2.06. The number of nitro benzene ring substituents is 1. The number of ether oxygens (including phenoxy) is 1. The van der Waals surface area contributed by atoms with Crippen LogP contribution in [-0.4, -0.2) is 11.5 Å². The Morgan fingerprint density at radius 1 is 1.47 bits per heavy atom. The Morgan fingerprint density at radius 3 is 2.53 bits per heavy atom. The minimum Gasteiger partial charge on any atom is -0.431 e. The largest absolute Gasteiger partial charge is 0.431 e. The standard InChI is InChI=1S/C8H6F3NO3/c1-4-6(12(13)14)3-2-5(9)7(4)15-8(10)11/h2-3,8H,1H3. The van der Waals surface area contributed by atoms with E-state index in [1.165, 1.54) is 0 Å². The number of halogens is 3. The number of benzene rings is 1. The first-order chi connectivity index (χ1) is 6.93. The topological polar surface area (TPSA) is 52.4 Å². The summed E-state index contributed by atoms with van der Waals surface area (Å²) in [6.07, 6.45) is 0. The summed E-state index contributed by atoms with van der Waals surface area (Å²) in [5.41, 5.74) is -0.729. The van der Waals surface area contributed by atoms with Crippen LogP contribution in [0, 0.1) is 22.9 Å². The molecular formula is C8H6F3NO3. The van der Waals surface area contributed by atoms with E-state index in [1.54, 1.807) is 0 Å². The van der Waals surface area contributed by atoms with Crippen molar-refractivity contribution in [3.8, 4) is 5.75 Å². The summed E-state index contributed by atoms with van der Waals surface area (Å²) in [6.45, 7) is -2.08. The van der Waals surface area contributed by atoms with E-state index in [4.69, 9.17) is 0 Å². The molecule has 0 heterocycles. The predicted molar refractivity (Wildman–Crippen MR) is 44.4 cm³/mol. The minimum absolute atomic E-state index is 0.264. The van der Waals surface area contributed by atoms with Crippen molar-refractivity contribution in [2.75, 3.05) is 0 Å². The van der Waals surface area contributed by atoms with Crippen molar-refractivity contribution in [1.82, 2.24) is 0 Å². The van der Waals surface area contributed by atoms with Gasteiger partial charge in [0.1, 0.15) is 0 Å². The Kier molecular flexibility index (Phi) is 3.13. The van der Waals surface area contributed by atoms with Gasteiger partial charge in [-0.15, -0.1) is 0 Å². The predicted octanol–water partition coefficient (Wildman–Crippen LogP) is 2.64. The van der Waals surface area contributed by atoms with Crippen molar-refractivity contribution in [1.29, 1.82) is 0 Å². The van der Waals surface area contributed by atoms with Crippen LogP contribution < -0.4 is 4.74 Å². The summed E-state index contributed by atoms with van der Waals surface area (Å²) in [5.74, 6) is -1.85. The van der Waals surface area contributed by atoms with Crippen LogP contribution in [0.5, 0.6) is 5.75 Å². The first kappa shape index (κ1) is 11.3. The van der Waals surface area contributed by atoms with Crippen molar-refractivity contribution < 1.29 is 22.8 Å². The highest BCUT2D eigenvalue weighted by atomic mass is 19.3. The summed E-state index contributed by atoms with van der Waals surface area (Å²) in [6, 6.07) is 1.60. The zero-order chi connectivity index (χ0) is 11.6. The fourth-order valence-electron chi connectivity index (χ4n) is 1.08. The number of hydrogen-bond acceptors (Lipinski definition) is 3. The van der Waals surface area contributed by atoms with Crippen LogP contribution in [0.4, 0.5) is 18.9 Å². The molecule has 0 fully saturated rings. The van der Waals surface area contributed by atoms with Crippen LogP contribution in [0.25, 0.3) is 0 Å². The van der Waals surface area contributed by atoms with Crippen LogP contribution in [0.3, 0.4) is 0 Å². The molecule has 0 N–H and O–H groups in total. The molecule has 1 aromatic carbocycles. The normalized spacial score (nSPS) is 10.5. The van der Waals surface area contributed by atoms with Gasteiger partial charge in [-0.3, -0.25) is 10.1 Å². The summed E-state index contributed by atoms with van der Waals surface area (Å²) >= 11 is 0. The van der Waals surface area contributed by atoms with Gasteiger partial charge in [-0.1, -0.05) is 0 Å². The van der Waals surface area contributed by atoms with Crippen molar-refractivity contribution in [3.63, 3.8) is 0 Å². The zero-order valence-corrected chi connectivity index (χ0v) is 7.54. The molecule has 15 heavy (non-hydrogen) atoms. The maximum absolute atomic E-state index is 13.0. The van der Waals surface area contributed by atoms with Gasteiger partial charge in [-0.25, -0.2) is 4.39 Å². The number of nitrogens with zero attached hydrogens (tertiary/aromatic N) is 1. The molecule has 0 amide bonds.